The zero-order valence-electron chi connectivity index (χ0n) is 9.67. The second kappa shape index (κ2) is 4.41. The summed E-state index contributed by atoms with van der Waals surface area (Å²) in [7, 11) is 0. The maximum Gasteiger partial charge on any atom is 0.233 e. The van der Waals surface area contributed by atoms with Crippen LogP contribution >= 0.6 is 11.3 Å². The van der Waals surface area contributed by atoms with E-state index in [1.54, 1.807) is 31.4 Å². The molecule has 1 aromatic rings. The molecule has 0 radical (unpaired) electrons. The number of likely N-dealkylation sites (tertiary alicyclic amines) is 1. The molecule has 2 amide bonds. The standard InChI is InChI=1S/C12H13NO3S/c1-7-8(2)12(16)13(11(7)15)6-9(14)10-4-3-5-17-10/h3-5,7-8H,6H2,1-2H3. The van der Waals surface area contributed by atoms with Crippen molar-refractivity contribution in [2.24, 2.45) is 11.8 Å². The van der Waals surface area contributed by atoms with Gasteiger partial charge >= 0.3 is 0 Å². The number of carbonyl (C=O) groups excluding carboxylic acids is 3. The molecule has 0 saturated carbocycles. The monoisotopic (exact) mass is 251 g/mol. The minimum absolute atomic E-state index is 0.132. The maximum absolute atomic E-state index is 11.8. The van der Waals surface area contributed by atoms with E-state index in [0.29, 0.717) is 4.88 Å². The van der Waals surface area contributed by atoms with Gasteiger partial charge in [-0.1, -0.05) is 19.9 Å². The number of carbonyl (C=O) groups is 3. The molecule has 0 aromatic carbocycles. The van der Waals surface area contributed by atoms with Crippen LogP contribution in [0.3, 0.4) is 0 Å². The van der Waals surface area contributed by atoms with E-state index < -0.39 is 0 Å². The van der Waals surface area contributed by atoms with Gasteiger partial charge in [-0.25, -0.2) is 0 Å². The van der Waals surface area contributed by atoms with E-state index in [4.69, 9.17) is 0 Å². The summed E-state index contributed by atoms with van der Waals surface area (Å²) in [6, 6.07) is 3.47. The summed E-state index contributed by atoms with van der Waals surface area (Å²) < 4.78 is 0. The summed E-state index contributed by atoms with van der Waals surface area (Å²) in [5, 5.41) is 1.80. The zero-order chi connectivity index (χ0) is 12.6. The Morgan fingerprint density at radius 2 is 1.88 bits per heavy atom. The highest BCUT2D eigenvalue weighted by Gasteiger charge is 2.42. The number of rotatable bonds is 3. The van der Waals surface area contributed by atoms with Crippen LogP contribution in [0.4, 0.5) is 0 Å². The number of nitrogens with zero attached hydrogens (tertiary/aromatic N) is 1. The van der Waals surface area contributed by atoms with Crippen LogP contribution < -0.4 is 0 Å². The average molecular weight is 251 g/mol. The fourth-order valence-electron chi connectivity index (χ4n) is 1.84. The molecule has 0 spiro atoms. The highest BCUT2D eigenvalue weighted by molar-refractivity contribution is 7.12. The Morgan fingerprint density at radius 1 is 1.29 bits per heavy atom. The Hall–Kier alpha value is -1.49. The van der Waals surface area contributed by atoms with E-state index in [1.807, 2.05) is 0 Å². The molecule has 2 heterocycles. The van der Waals surface area contributed by atoms with Gasteiger partial charge in [0.15, 0.2) is 5.78 Å². The molecular formula is C12H13NO3S. The van der Waals surface area contributed by atoms with E-state index >= 15 is 0 Å². The first-order valence-corrected chi connectivity index (χ1v) is 6.32. The van der Waals surface area contributed by atoms with Crippen LogP contribution in [0.1, 0.15) is 23.5 Å². The van der Waals surface area contributed by atoms with Crippen LogP contribution in [-0.2, 0) is 9.59 Å². The smallest absolute Gasteiger partial charge is 0.233 e. The Kier molecular flexibility index (Phi) is 3.11. The molecule has 1 aliphatic heterocycles. The number of imide groups is 1. The van der Waals surface area contributed by atoms with Crippen LogP contribution in [-0.4, -0.2) is 29.0 Å². The molecule has 0 bridgehead atoms. The van der Waals surface area contributed by atoms with Crippen LogP contribution in [0.5, 0.6) is 0 Å². The zero-order valence-corrected chi connectivity index (χ0v) is 10.5. The topological polar surface area (TPSA) is 54.5 Å². The third-order valence-corrected chi connectivity index (χ3v) is 4.07. The molecule has 4 nitrogen and oxygen atoms in total. The predicted molar refractivity (Wildman–Crippen MR) is 63.7 cm³/mol. The fourth-order valence-corrected chi connectivity index (χ4v) is 2.50. The highest BCUT2D eigenvalue weighted by Crippen LogP contribution is 2.25. The van der Waals surface area contributed by atoms with Gasteiger partial charge in [0.1, 0.15) is 0 Å². The molecule has 17 heavy (non-hydrogen) atoms. The van der Waals surface area contributed by atoms with E-state index in [0.717, 1.165) is 4.90 Å². The molecule has 5 heteroatoms. The van der Waals surface area contributed by atoms with Crippen molar-refractivity contribution in [3.05, 3.63) is 22.4 Å². The molecule has 1 saturated heterocycles. The minimum atomic E-state index is -0.321. The van der Waals surface area contributed by atoms with Crippen molar-refractivity contribution >= 4 is 28.9 Å². The van der Waals surface area contributed by atoms with E-state index in [1.165, 1.54) is 11.3 Å². The number of hydrogen-bond donors (Lipinski definition) is 0. The first-order chi connectivity index (χ1) is 8.02. The van der Waals surface area contributed by atoms with Gasteiger partial charge in [0.2, 0.25) is 11.8 Å². The number of ketones is 1. The number of hydrogen-bond acceptors (Lipinski definition) is 4. The van der Waals surface area contributed by atoms with Crippen LogP contribution in [0.2, 0.25) is 0 Å². The van der Waals surface area contributed by atoms with Gasteiger partial charge < -0.3 is 0 Å². The fraction of sp³-hybridized carbons (Fsp3) is 0.417. The predicted octanol–water partition coefficient (Wildman–Crippen LogP) is 1.57. The van der Waals surface area contributed by atoms with Crippen molar-refractivity contribution in [1.82, 2.24) is 4.90 Å². The van der Waals surface area contributed by atoms with Crippen molar-refractivity contribution in [2.75, 3.05) is 6.54 Å². The molecule has 1 aromatic heterocycles. The van der Waals surface area contributed by atoms with Crippen molar-refractivity contribution in [2.45, 2.75) is 13.8 Å². The first kappa shape index (κ1) is 12.0. The van der Waals surface area contributed by atoms with Crippen molar-refractivity contribution in [3.63, 3.8) is 0 Å². The van der Waals surface area contributed by atoms with Gasteiger partial charge in [-0.05, 0) is 11.4 Å². The van der Waals surface area contributed by atoms with Crippen molar-refractivity contribution in [1.29, 1.82) is 0 Å². The summed E-state index contributed by atoms with van der Waals surface area (Å²) in [6.45, 7) is 3.31. The molecule has 90 valence electrons. The third-order valence-electron chi connectivity index (χ3n) is 3.16. The lowest BCUT2D eigenvalue weighted by atomic mass is 10.00. The maximum atomic E-state index is 11.8. The van der Waals surface area contributed by atoms with Crippen LogP contribution in [0.15, 0.2) is 17.5 Å². The highest BCUT2D eigenvalue weighted by atomic mass is 32.1. The summed E-state index contributed by atoms with van der Waals surface area (Å²) in [6.07, 6.45) is 0. The molecule has 1 fully saturated rings. The summed E-state index contributed by atoms with van der Waals surface area (Å²) in [5.41, 5.74) is 0. The normalized spacial score (nSPS) is 24.5. The second-order valence-corrected chi connectivity index (χ2v) is 5.19. The minimum Gasteiger partial charge on any atom is -0.291 e. The quantitative estimate of drug-likeness (QED) is 0.605. The Bertz CT molecular complexity index is 446. The Labute approximate surface area is 103 Å². The van der Waals surface area contributed by atoms with Crippen LogP contribution in [0.25, 0.3) is 0 Å². The van der Waals surface area contributed by atoms with Crippen LogP contribution in [0, 0.1) is 11.8 Å². The number of Topliss-reactive ketones (excluding diaryl/α,β-unsaturated/α-hetero) is 1. The number of thiophene rings is 1. The van der Waals surface area contributed by atoms with E-state index in [-0.39, 0.29) is 36.0 Å². The summed E-state index contributed by atoms with van der Waals surface area (Å²) in [5.74, 6) is -1.31. The largest absolute Gasteiger partial charge is 0.291 e. The molecule has 1 aliphatic rings. The molecule has 2 rings (SSSR count). The molecule has 0 N–H and O–H groups in total. The SMILES string of the molecule is CC1C(=O)N(CC(=O)c2cccs2)C(=O)C1C. The third kappa shape index (κ3) is 2.02. The van der Waals surface area contributed by atoms with Gasteiger partial charge in [0, 0.05) is 11.8 Å². The first-order valence-electron chi connectivity index (χ1n) is 5.44. The summed E-state index contributed by atoms with van der Waals surface area (Å²) >= 11 is 1.32. The lowest BCUT2D eigenvalue weighted by Gasteiger charge is -2.12. The Balaban J connectivity index is 2.12. The van der Waals surface area contributed by atoms with E-state index in [9.17, 15) is 14.4 Å². The van der Waals surface area contributed by atoms with Gasteiger partial charge in [-0.15, -0.1) is 11.3 Å². The molecule has 0 aliphatic carbocycles. The van der Waals surface area contributed by atoms with Crippen molar-refractivity contribution < 1.29 is 14.4 Å². The van der Waals surface area contributed by atoms with Gasteiger partial charge in [0.25, 0.3) is 0 Å². The Morgan fingerprint density at radius 3 is 2.35 bits per heavy atom. The lowest BCUT2D eigenvalue weighted by Crippen LogP contribution is -2.35. The lowest BCUT2D eigenvalue weighted by molar-refractivity contribution is -0.139. The van der Waals surface area contributed by atoms with Gasteiger partial charge in [-0.3, -0.25) is 19.3 Å². The summed E-state index contributed by atoms with van der Waals surface area (Å²) in [4.78, 5) is 37.1. The molecule has 2 unspecified atom stereocenters. The molecular weight excluding hydrogens is 238 g/mol. The second-order valence-electron chi connectivity index (χ2n) is 4.24. The van der Waals surface area contributed by atoms with E-state index in [2.05, 4.69) is 0 Å². The average Bonchev–Trinajstić information content (AvgIpc) is 2.90. The van der Waals surface area contributed by atoms with Gasteiger partial charge in [-0.2, -0.15) is 0 Å². The van der Waals surface area contributed by atoms with Crippen molar-refractivity contribution in [3.8, 4) is 0 Å². The van der Waals surface area contributed by atoms with Gasteiger partial charge in [0.05, 0.1) is 11.4 Å². The molecule has 2 atom stereocenters. The number of amides is 2.